The van der Waals surface area contributed by atoms with Crippen LogP contribution in [0, 0.1) is 5.41 Å². The summed E-state index contributed by atoms with van der Waals surface area (Å²) in [6.45, 7) is 13.4. The van der Waals surface area contributed by atoms with E-state index in [2.05, 4.69) is 44.5 Å². The van der Waals surface area contributed by atoms with Gasteiger partial charge in [-0.05, 0) is 33.9 Å². The van der Waals surface area contributed by atoms with E-state index in [9.17, 15) is 0 Å². The number of hydrogen-bond acceptors (Lipinski definition) is 3. The molecule has 0 spiro atoms. The third-order valence-corrected chi connectivity index (χ3v) is 4.67. The predicted octanol–water partition coefficient (Wildman–Crippen LogP) is 1.71. The Morgan fingerprint density at radius 2 is 1.94 bits per heavy atom. The SMILES string of the molecule is CN1CCN(CCC(C)(C)C(N)=S)CC1(C)C. The summed E-state index contributed by atoms with van der Waals surface area (Å²) in [5.41, 5.74) is 6.01. The molecule has 1 heterocycles. The molecule has 0 aromatic heterocycles. The summed E-state index contributed by atoms with van der Waals surface area (Å²) in [5.74, 6) is 0. The second kappa shape index (κ2) is 5.21. The van der Waals surface area contributed by atoms with E-state index in [-0.39, 0.29) is 11.0 Å². The molecule has 0 radical (unpaired) electrons. The van der Waals surface area contributed by atoms with Crippen LogP contribution in [-0.2, 0) is 0 Å². The number of piperazine rings is 1. The van der Waals surface area contributed by atoms with E-state index in [0.717, 1.165) is 32.6 Å². The maximum atomic E-state index is 5.77. The topological polar surface area (TPSA) is 32.5 Å². The van der Waals surface area contributed by atoms with Gasteiger partial charge in [-0.25, -0.2) is 0 Å². The Bertz CT molecular complexity index is 286. The maximum absolute atomic E-state index is 5.77. The lowest BCUT2D eigenvalue weighted by molar-refractivity contribution is 0.0367. The molecule has 0 aromatic carbocycles. The molecular weight excluding hydrogens is 230 g/mol. The largest absolute Gasteiger partial charge is 0.393 e. The lowest BCUT2D eigenvalue weighted by Crippen LogP contribution is -2.57. The van der Waals surface area contributed by atoms with Gasteiger partial charge in [-0.2, -0.15) is 0 Å². The molecule has 0 bridgehead atoms. The molecule has 0 unspecified atom stereocenters. The summed E-state index contributed by atoms with van der Waals surface area (Å²) < 4.78 is 0. The van der Waals surface area contributed by atoms with Crippen molar-refractivity contribution in [2.75, 3.05) is 33.2 Å². The first-order valence-corrected chi connectivity index (χ1v) is 6.79. The van der Waals surface area contributed by atoms with Crippen molar-refractivity contribution >= 4 is 17.2 Å². The van der Waals surface area contributed by atoms with Gasteiger partial charge in [-0.3, -0.25) is 4.90 Å². The van der Waals surface area contributed by atoms with Gasteiger partial charge < -0.3 is 10.6 Å². The van der Waals surface area contributed by atoms with Crippen molar-refractivity contribution in [1.82, 2.24) is 9.80 Å². The summed E-state index contributed by atoms with van der Waals surface area (Å²) in [7, 11) is 2.20. The standard InChI is InChI=1S/C13H27N3S/c1-12(2,11(14)17)6-7-16-9-8-15(5)13(3,4)10-16/h6-10H2,1-5H3,(H2,14,17). The summed E-state index contributed by atoms with van der Waals surface area (Å²) in [4.78, 5) is 5.59. The van der Waals surface area contributed by atoms with Crippen LogP contribution in [0.4, 0.5) is 0 Å². The maximum Gasteiger partial charge on any atom is 0.0784 e. The molecule has 1 fully saturated rings. The smallest absolute Gasteiger partial charge is 0.0784 e. The van der Waals surface area contributed by atoms with Gasteiger partial charge >= 0.3 is 0 Å². The van der Waals surface area contributed by atoms with E-state index in [1.165, 1.54) is 0 Å². The normalized spacial score (nSPS) is 22.6. The van der Waals surface area contributed by atoms with Crippen LogP contribution in [-0.4, -0.2) is 53.6 Å². The first-order chi connectivity index (χ1) is 7.65. The van der Waals surface area contributed by atoms with E-state index < -0.39 is 0 Å². The molecule has 1 rings (SSSR count). The third kappa shape index (κ3) is 3.90. The Labute approximate surface area is 111 Å². The van der Waals surface area contributed by atoms with E-state index in [0.29, 0.717) is 4.99 Å². The van der Waals surface area contributed by atoms with Gasteiger partial charge in [0.15, 0.2) is 0 Å². The van der Waals surface area contributed by atoms with Crippen LogP contribution in [0.25, 0.3) is 0 Å². The Hall–Kier alpha value is -0.190. The Kier molecular flexibility index (Phi) is 4.55. The van der Waals surface area contributed by atoms with Crippen molar-refractivity contribution in [3.63, 3.8) is 0 Å². The fraction of sp³-hybridized carbons (Fsp3) is 0.923. The molecule has 0 atom stereocenters. The van der Waals surface area contributed by atoms with Crippen LogP contribution in [0.15, 0.2) is 0 Å². The Balaban J connectivity index is 2.47. The van der Waals surface area contributed by atoms with Gasteiger partial charge in [0, 0.05) is 30.6 Å². The van der Waals surface area contributed by atoms with Crippen LogP contribution < -0.4 is 5.73 Å². The van der Waals surface area contributed by atoms with Crippen LogP contribution in [0.5, 0.6) is 0 Å². The van der Waals surface area contributed by atoms with Gasteiger partial charge in [0.2, 0.25) is 0 Å². The first-order valence-electron chi connectivity index (χ1n) is 6.39. The second-order valence-corrected chi connectivity index (χ2v) is 6.95. The van der Waals surface area contributed by atoms with Gasteiger partial charge in [-0.15, -0.1) is 0 Å². The summed E-state index contributed by atoms with van der Waals surface area (Å²) >= 11 is 5.11. The summed E-state index contributed by atoms with van der Waals surface area (Å²) in [6, 6.07) is 0. The zero-order valence-corrected chi connectivity index (χ0v) is 12.7. The molecule has 4 heteroatoms. The summed E-state index contributed by atoms with van der Waals surface area (Å²) in [6.07, 6.45) is 1.04. The second-order valence-electron chi connectivity index (χ2n) is 6.51. The van der Waals surface area contributed by atoms with Gasteiger partial charge in [0.1, 0.15) is 0 Å². The highest BCUT2D eigenvalue weighted by Gasteiger charge is 2.31. The molecule has 1 aliphatic heterocycles. The molecule has 0 amide bonds. The molecule has 2 N–H and O–H groups in total. The van der Waals surface area contributed by atoms with Crippen molar-refractivity contribution in [1.29, 1.82) is 0 Å². The monoisotopic (exact) mass is 257 g/mol. The lowest BCUT2D eigenvalue weighted by Gasteiger charge is -2.46. The Morgan fingerprint density at radius 3 is 2.41 bits per heavy atom. The van der Waals surface area contributed by atoms with Crippen molar-refractivity contribution in [2.45, 2.75) is 39.7 Å². The zero-order chi connectivity index (χ0) is 13.3. The molecule has 1 aliphatic rings. The molecule has 0 aromatic rings. The molecule has 100 valence electrons. The summed E-state index contributed by atoms with van der Waals surface area (Å²) in [5, 5.41) is 0. The molecular formula is C13H27N3S. The van der Waals surface area contributed by atoms with Crippen molar-refractivity contribution in [3.8, 4) is 0 Å². The zero-order valence-electron chi connectivity index (χ0n) is 11.9. The minimum absolute atomic E-state index is 0.0250. The predicted molar refractivity (Wildman–Crippen MR) is 78.3 cm³/mol. The molecule has 0 saturated carbocycles. The molecule has 1 saturated heterocycles. The molecule has 3 nitrogen and oxygen atoms in total. The van der Waals surface area contributed by atoms with E-state index in [4.69, 9.17) is 18.0 Å². The fourth-order valence-electron chi connectivity index (χ4n) is 2.09. The minimum Gasteiger partial charge on any atom is -0.393 e. The number of likely N-dealkylation sites (N-methyl/N-ethyl adjacent to an activating group) is 1. The van der Waals surface area contributed by atoms with Crippen LogP contribution in [0.2, 0.25) is 0 Å². The van der Waals surface area contributed by atoms with Gasteiger partial charge in [0.25, 0.3) is 0 Å². The van der Waals surface area contributed by atoms with Crippen molar-refractivity contribution in [3.05, 3.63) is 0 Å². The average molecular weight is 257 g/mol. The van der Waals surface area contributed by atoms with Gasteiger partial charge in [0.05, 0.1) is 4.99 Å². The molecule has 17 heavy (non-hydrogen) atoms. The highest BCUT2D eigenvalue weighted by Crippen LogP contribution is 2.24. The number of nitrogens with two attached hydrogens (primary N) is 1. The fourth-order valence-corrected chi connectivity index (χ4v) is 2.19. The van der Waals surface area contributed by atoms with Crippen LogP contribution >= 0.6 is 12.2 Å². The highest BCUT2D eigenvalue weighted by molar-refractivity contribution is 7.80. The van der Waals surface area contributed by atoms with Crippen LogP contribution in [0.1, 0.15) is 34.1 Å². The van der Waals surface area contributed by atoms with Gasteiger partial charge in [-0.1, -0.05) is 26.1 Å². The lowest BCUT2D eigenvalue weighted by atomic mass is 9.88. The number of thiocarbonyl (C=S) groups is 1. The third-order valence-electron chi connectivity index (χ3n) is 4.12. The first kappa shape index (κ1) is 14.9. The number of hydrogen-bond donors (Lipinski definition) is 1. The van der Waals surface area contributed by atoms with Crippen LogP contribution in [0.3, 0.4) is 0 Å². The number of nitrogens with zero attached hydrogens (tertiary/aromatic N) is 2. The minimum atomic E-state index is -0.0250. The van der Waals surface area contributed by atoms with Crippen molar-refractivity contribution < 1.29 is 0 Å². The van der Waals surface area contributed by atoms with E-state index in [1.807, 2.05) is 0 Å². The quantitative estimate of drug-likeness (QED) is 0.777. The average Bonchev–Trinajstić information content (AvgIpc) is 2.19. The van der Waals surface area contributed by atoms with Crippen molar-refractivity contribution in [2.24, 2.45) is 11.1 Å². The highest BCUT2D eigenvalue weighted by atomic mass is 32.1. The van der Waals surface area contributed by atoms with E-state index in [1.54, 1.807) is 0 Å². The number of rotatable bonds is 4. The van der Waals surface area contributed by atoms with E-state index >= 15 is 0 Å². The Morgan fingerprint density at radius 1 is 1.35 bits per heavy atom. The molecule has 0 aliphatic carbocycles.